The van der Waals surface area contributed by atoms with Gasteiger partial charge in [0.2, 0.25) is 5.95 Å². The number of likely N-dealkylation sites (tertiary alicyclic amines) is 1. The fraction of sp³-hybridized carbons (Fsp3) is 0.579. The number of anilines is 1. The Labute approximate surface area is 168 Å². The number of nitrogens with one attached hydrogen (secondary N) is 1. The summed E-state index contributed by atoms with van der Waals surface area (Å²) in [6.07, 6.45) is 0.939. The largest absolute Gasteiger partial charge is 0.444 e. The van der Waals surface area contributed by atoms with Crippen LogP contribution in [0.25, 0.3) is 11.0 Å². The van der Waals surface area contributed by atoms with Crippen LogP contribution in [0, 0.1) is 0 Å². The molecule has 0 spiro atoms. The van der Waals surface area contributed by atoms with Gasteiger partial charge in [-0.05, 0) is 38.8 Å². The lowest BCUT2D eigenvalue weighted by Crippen LogP contribution is -2.51. The van der Waals surface area contributed by atoms with E-state index < -0.39 is 17.9 Å². The van der Waals surface area contributed by atoms with Gasteiger partial charge in [0.05, 0.1) is 18.3 Å². The predicted octanol–water partition coefficient (Wildman–Crippen LogP) is 4.00. The first kappa shape index (κ1) is 20.5. The molecule has 1 aliphatic heterocycles. The van der Waals surface area contributed by atoms with Crippen molar-refractivity contribution < 1.29 is 13.9 Å². The van der Waals surface area contributed by atoms with Crippen LogP contribution in [0.15, 0.2) is 12.3 Å². The molecule has 9 heteroatoms. The molecule has 3 rings (SSSR count). The van der Waals surface area contributed by atoms with Crippen molar-refractivity contribution in [1.82, 2.24) is 19.9 Å². The van der Waals surface area contributed by atoms with Gasteiger partial charge in [-0.2, -0.15) is 0 Å². The molecule has 1 amide bonds. The molecule has 0 bridgehead atoms. The van der Waals surface area contributed by atoms with E-state index in [1.54, 1.807) is 33.0 Å². The number of piperidine rings is 1. The number of alkyl halides is 1. The maximum atomic E-state index is 14.2. The minimum atomic E-state index is -1.15. The van der Waals surface area contributed by atoms with Crippen molar-refractivity contribution in [2.45, 2.75) is 58.4 Å². The second-order valence-electron chi connectivity index (χ2n) is 7.94. The third-order valence-electron chi connectivity index (χ3n) is 4.36. The average molecular weight is 410 g/mol. The summed E-state index contributed by atoms with van der Waals surface area (Å²) < 4.78 is 19.6. The summed E-state index contributed by atoms with van der Waals surface area (Å²) in [6.45, 7) is 7.70. The van der Waals surface area contributed by atoms with E-state index >= 15 is 0 Å². The van der Waals surface area contributed by atoms with E-state index in [-0.39, 0.29) is 19.0 Å². The van der Waals surface area contributed by atoms with Crippen molar-refractivity contribution in [1.29, 1.82) is 0 Å². The molecule has 0 radical (unpaired) electrons. The summed E-state index contributed by atoms with van der Waals surface area (Å²) in [7, 11) is 0. The first-order valence-electron chi connectivity index (χ1n) is 9.35. The van der Waals surface area contributed by atoms with Crippen LogP contribution in [0.1, 0.15) is 39.7 Å². The number of carbonyl (C=O) groups is 1. The maximum Gasteiger partial charge on any atom is 0.410 e. The van der Waals surface area contributed by atoms with E-state index in [9.17, 15) is 9.18 Å². The molecule has 2 aromatic heterocycles. The van der Waals surface area contributed by atoms with Crippen LogP contribution < -0.4 is 5.32 Å². The summed E-state index contributed by atoms with van der Waals surface area (Å²) in [5.74, 6) is 0.370. The molecule has 2 atom stereocenters. The quantitative estimate of drug-likeness (QED) is 0.772. The SMILES string of the molecule is CCc1cc(Cl)nc2cnc(N[C@H]3C[C@H](F)CN(C(=O)OC(C)(C)C)C3)nc12. The molecule has 1 fully saturated rings. The van der Waals surface area contributed by atoms with E-state index in [1.807, 2.05) is 6.92 Å². The molecule has 152 valence electrons. The van der Waals surface area contributed by atoms with Crippen molar-refractivity contribution in [3.63, 3.8) is 0 Å². The molecule has 1 N–H and O–H groups in total. The van der Waals surface area contributed by atoms with E-state index in [0.717, 1.165) is 12.0 Å². The minimum Gasteiger partial charge on any atom is -0.444 e. The zero-order valence-electron chi connectivity index (χ0n) is 16.5. The van der Waals surface area contributed by atoms with Crippen LogP contribution in [0.2, 0.25) is 5.15 Å². The first-order valence-corrected chi connectivity index (χ1v) is 9.73. The van der Waals surface area contributed by atoms with Gasteiger partial charge in [-0.1, -0.05) is 18.5 Å². The van der Waals surface area contributed by atoms with Gasteiger partial charge in [-0.25, -0.2) is 24.1 Å². The smallest absolute Gasteiger partial charge is 0.410 e. The third-order valence-corrected chi connectivity index (χ3v) is 4.55. The molecule has 1 aliphatic rings. The summed E-state index contributed by atoms with van der Waals surface area (Å²) in [6, 6.07) is 1.46. The molecule has 0 aliphatic carbocycles. The highest BCUT2D eigenvalue weighted by Gasteiger charge is 2.33. The van der Waals surface area contributed by atoms with Crippen LogP contribution in [0.5, 0.6) is 0 Å². The highest BCUT2D eigenvalue weighted by Crippen LogP contribution is 2.23. The van der Waals surface area contributed by atoms with Crippen LogP contribution >= 0.6 is 11.6 Å². The number of amides is 1. The number of hydrogen-bond donors (Lipinski definition) is 1. The zero-order valence-corrected chi connectivity index (χ0v) is 17.3. The fourth-order valence-corrected chi connectivity index (χ4v) is 3.42. The number of aromatic nitrogens is 3. The number of rotatable bonds is 3. The Bertz CT molecular complexity index is 873. The second kappa shape index (κ2) is 8.03. The number of carbonyl (C=O) groups excluding carboxylic acids is 1. The van der Waals surface area contributed by atoms with Crippen LogP contribution in [0.4, 0.5) is 15.1 Å². The molecular formula is C19H25ClFN5O2. The Balaban J connectivity index is 1.77. The second-order valence-corrected chi connectivity index (χ2v) is 8.33. The zero-order chi connectivity index (χ0) is 20.5. The Hall–Kier alpha value is -2.22. The number of fused-ring (bicyclic) bond motifs is 1. The number of nitrogens with zero attached hydrogens (tertiary/aromatic N) is 4. The van der Waals surface area contributed by atoms with Crippen molar-refractivity contribution in [2.75, 3.05) is 18.4 Å². The van der Waals surface area contributed by atoms with Crippen LogP contribution in [0.3, 0.4) is 0 Å². The van der Waals surface area contributed by atoms with Crippen molar-refractivity contribution in [3.8, 4) is 0 Å². The van der Waals surface area contributed by atoms with Gasteiger partial charge in [0.15, 0.2) is 0 Å². The van der Waals surface area contributed by atoms with E-state index in [0.29, 0.717) is 28.7 Å². The molecule has 1 saturated heterocycles. The molecular weight excluding hydrogens is 385 g/mol. The number of ether oxygens (including phenoxy) is 1. The molecule has 28 heavy (non-hydrogen) atoms. The number of halogens is 2. The predicted molar refractivity (Wildman–Crippen MR) is 106 cm³/mol. The van der Waals surface area contributed by atoms with Crippen molar-refractivity contribution >= 4 is 34.7 Å². The summed E-state index contributed by atoms with van der Waals surface area (Å²) >= 11 is 6.03. The van der Waals surface area contributed by atoms with Gasteiger partial charge in [0, 0.05) is 19.0 Å². The maximum absolute atomic E-state index is 14.2. The molecule has 2 aromatic rings. The average Bonchev–Trinajstić information content (AvgIpc) is 2.59. The first-order chi connectivity index (χ1) is 13.1. The molecule has 0 saturated carbocycles. The highest BCUT2D eigenvalue weighted by molar-refractivity contribution is 6.29. The van der Waals surface area contributed by atoms with Crippen LogP contribution in [-0.2, 0) is 11.2 Å². The standard InChI is InChI=1S/C19H25ClFN5O2/c1-5-11-6-15(20)24-14-8-22-17(25-16(11)14)23-13-7-12(21)9-26(10-13)18(27)28-19(2,3)4/h6,8,12-13H,5,7,9-10H2,1-4H3,(H,22,23,25)/t12-,13-/m0/s1. The van der Waals surface area contributed by atoms with E-state index in [2.05, 4.69) is 20.3 Å². The summed E-state index contributed by atoms with van der Waals surface area (Å²) in [4.78, 5) is 26.7. The topological polar surface area (TPSA) is 80.2 Å². The van der Waals surface area contributed by atoms with E-state index in [1.165, 1.54) is 4.90 Å². The van der Waals surface area contributed by atoms with Gasteiger partial charge >= 0.3 is 6.09 Å². The molecule has 7 nitrogen and oxygen atoms in total. The molecule has 0 unspecified atom stereocenters. The Kier molecular flexibility index (Phi) is 5.88. The fourth-order valence-electron chi connectivity index (χ4n) is 3.19. The number of pyridine rings is 1. The van der Waals surface area contributed by atoms with Gasteiger partial charge in [0.1, 0.15) is 22.4 Å². The van der Waals surface area contributed by atoms with Gasteiger partial charge < -0.3 is 15.0 Å². The monoisotopic (exact) mass is 409 g/mol. The molecule has 3 heterocycles. The number of hydrogen-bond acceptors (Lipinski definition) is 6. The lowest BCUT2D eigenvalue weighted by Gasteiger charge is -2.36. The lowest BCUT2D eigenvalue weighted by atomic mass is 10.0. The van der Waals surface area contributed by atoms with Crippen LogP contribution in [-0.4, -0.2) is 56.8 Å². The highest BCUT2D eigenvalue weighted by atomic mass is 35.5. The van der Waals surface area contributed by atoms with E-state index in [4.69, 9.17) is 16.3 Å². The van der Waals surface area contributed by atoms with Gasteiger partial charge in [-0.3, -0.25) is 0 Å². The summed E-state index contributed by atoms with van der Waals surface area (Å²) in [5, 5.41) is 3.54. The molecule has 0 aromatic carbocycles. The normalized spacial score (nSPS) is 20.3. The minimum absolute atomic E-state index is 0.0219. The third kappa shape index (κ3) is 4.98. The Morgan fingerprint density at radius 1 is 1.39 bits per heavy atom. The number of aryl methyl sites for hydroxylation is 1. The Morgan fingerprint density at radius 3 is 2.82 bits per heavy atom. The lowest BCUT2D eigenvalue weighted by molar-refractivity contribution is 0.0124. The Morgan fingerprint density at radius 2 is 2.14 bits per heavy atom. The summed E-state index contributed by atoms with van der Waals surface area (Å²) in [5.41, 5.74) is 1.65. The van der Waals surface area contributed by atoms with Crippen molar-refractivity contribution in [3.05, 3.63) is 23.0 Å². The van der Waals surface area contributed by atoms with Crippen molar-refractivity contribution in [2.24, 2.45) is 0 Å². The van der Waals surface area contributed by atoms with Gasteiger partial charge in [0.25, 0.3) is 0 Å². The van der Waals surface area contributed by atoms with Gasteiger partial charge in [-0.15, -0.1) is 0 Å².